The summed E-state index contributed by atoms with van der Waals surface area (Å²) in [6, 6.07) is 21.7. The fourth-order valence-electron chi connectivity index (χ4n) is 3.32. The van der Waals surface area contributed by atoms with Gasteiger partial charge in [0.1, 0.15) is 5.70 Å². The lowest BCUT2D eigenvalue weighted by Crippen LogP contribution is -2.32. The van der Waals surface area contributed by atoms with Gasteiger partial charge in [-0.05, 0) is 41.8 Å². The van der Waals surface area contributed by atoms with E-state index in [-0.39, 0.29) is 18.1 Å². The second-order valence-corrected chi connectivity index (χ2v) is 7.81. The molecular formula is C24H18Cl2N2O2. The standard InChI is InChI=1S/C24H18Cl2N2O2/c1-15-11-12-18(13-20(15)26)27-22-21(16-7-3-2-4-8-16)23(29)28(24(22)30)14-17-9-5-6-10-19(17)25/h2-13,27H,14H2,1H3. The minimum atomic E-state index is -0.407. The summed E-state index contributed by atoms with van der Waals surface area (Å²) in [5, 5.41) is 4.20. The van der Waals surface area contributed by atoms with E-state index in [9.17, 15) is 9.59 Å². The van der Waals surface area contributed by atoms with E-state index in [0.717, 1.165) is 5.56 Å². The van der Waals surface area contributed by atoms with E-state index in [1.165, 1.54) is 4.90 Å². The van der Waals surface area contributed by atoms with Gasteiger partial charge in [0.25, 0.3) is 11.8 Å². The predicted molar refractivity (Wildman–Crippen MR) is 120 cm³/mol. The van der Waals surface area contributed by atoms with E-state index in [2.05, 4.69) is 5.32 Å². The number of imide groups is 1. The van der Waals surface area contributed by atoms with Crippen LogP contribution in [-0.4, -0.2) is 16.7 Å². The highest BCUT2D eigenvalue weighted by Crippen LogP contribution is 2.33. The van der Waals surface area contributed by atoms with Gasteiger partial charge in [-0.25, -0.2) is 0 Å². The number of halogens is 2. The summed E-state index contributed by atoms with van der Waals surface area (Å²) in [6.07, 6.45) is 0. The molecule has 6 heteroatoms. The second kappa shape index (κ2) is 8.34. The number of aryl methyl sites for hydroxylation is 1. The molecule has 1 aliphatic heterocycles. The molecule has 150 valence electrons. The van der Waals surface area contributed by atoms with Crippen molar-refractivity contribution >= 4 is 46.3 Å². The molecule has 30 heavy (non-hydrogen) atoms. The van der Waals surface area contributed by atoms with Crippen LogP contribution in [0.4, 0.5) is 5.69 Å². The smallest absolute Gasteiger partial charge is 0.278 e. The minimum absolute atomic E-state index is 0.0908. The Balaban J connectivity index is 1.75. The topological polar surface area (TPSA) is 49.4 Å². The molecule has 3 aromatic rings. The molecule has 0 saturated carbocycles. The molecule has 0 saturated heterocycles. The quantitative estimate of drug-likeness (QED) is 0.522. The number of nitrogens with zero attached hydrogens (tertiary/aromatic N) is 1. The van der Waals surface area contributed by atoms with Gasteiger partial charge in [-0.2, -0.15) is 0 Å². The molecule has 0 radical (unpaired) electrons. The summed E-state index contributed by atoms with van der Waals surface area (Å²) in [5.41, 5.74) is 3.47. The Bertz CT molecular complexity index is 1170. The van der Waals surface area contributed by atoms with Crippen molar-refractivity contribution in [3.63, 3.8) is 0 Å². The number of hydrogen-bond acceptors (Lipinski definition) is 3. The van der Waals surface area contributed by atoms with Gasteiger partial charge in [-0.1, -0.05) is 77.8 Å². The maximum absolute atomic E-state index is 13.3. The van der Waals surface area contributed by atoms with Crippen LogP contribution < -0.4 is 5.32 Å². The van der Waals surface area contributed by atoms with Crippen LogP contribution in [0.2, 0.25) is 10.0 Å². The van der Waals surface area contributed by atoms with Crippen molar-refractivity contribution in [1.82, 2.24) is 4.90 Å². The van der Waals surface area contributed by atoms with Gasteiger partial charge in [0.05, 0.1) is 12.1 Å². The number of benzene rings is 3. The number of rotatable bonds is 5. The highest BCUT2D eigenvalue weighted by atomic mass is 35.5. The van der Waals surface area contributed by atoms with E-state index in [1.807, 2.05) is 55.5 Å². The Kier molecular flexibility index (Phi) is 5.62. The molecule has 0 atom stereocenters. The number of carbonyl (C=O) groups is 2. The fraction of sp³-hybridized carbons (Fsp3) is 0.0833. The average molecular weight is 437 g/mol. The Morgan fingerprint density at radius 1 is 0.833 bits per heavy atom. The normalized spacial score (nSPS) is 13.9. The van der Waals surface area contributed by atoms with Crippen LogP contribution in [0.25, 0.3) is 5.57 Å². The summed E-state index contributed by atoms with van der Waals surface area (Å²) >= 11 is 12.5. The summed E-state index contributed by atoms with van der Waals surface area (Å²) in [6.45, 7) is 1.99. The zero-order valence-electron chi connectivity index (χ0n) is 16.2. The summed E-state index contributed by atoms with van der Waals surface area (Å²) in [5.74, 6) is -0.776. The second-order valence-electron chi connectivity index (χ2n) is 6.99. The van der Waals surface area contributed by atoms with Crippen molar-refractivity contribution in [3.8, 4) is 0 Å². The van der Waals surface area contributed by atoms with E-state index in [1.54, 1.807) is 24.3 Å². The van der Waals surface area contributed by atoms with Crippen molar-refractivity contribution in [2.75, 3.05) is 5.32 Å². The van der Waals surface area contributed by atoms with Crippen LogP contribution in [0, 0.1) is 6.92 Å². The predicted octanol–water partition coefficient (Wildman–Crippen LogP) is 5.69. The zero-order chi connectivity index (χ0) is 21.3. The van der Waals surface area contributed by atoms with Gasteiger partial charge in [0.2, 0.25) is 0 Å². The first-order chi connectivity index (χ1) is 14.5. The van der Waals surface area contributed by atoms with Gasteiger partial charge < -0.3 is 5.32 Å². The molecular weight excluding hydrogens is 419 g/mol. The van der Waals surface area contributed by atoms with Gasteiger partial charge in [-0.15, -0.1) is 0 Å². The average Bonchev–Trinajstić information content (AvgIpc) is 2.97. The van der Waals surface area contributed by atoms with E-state index in [0.29, 0.717) is 32.4 Å². The molecule has 4 rings (SSSR count). The van der Waals surface area contributed by atoms with Crippen molar-refractivity contribution in [2.45, 2.75) is 13.5 Å². The lowest BCUT2D eigenvalue weighted by atomic mass is 10.0. The molecule has 1 aliphatic rings. The van der Waals surface area contributed by atoms with Crippen molar-refractivity contribution in [1.29, 1.82) is 0 Å². The number of amides is 2. The van der Waals surface area contributed by atoms with Gasteiger partial charge in [0, 0.05) is 15.7 Å². The maximum Gasteiger partial charge on any atom is 0.278 e. The third-order valence-electron chi connectivity index (χ3n) is 4.96. The molecule has 0 unspecified atom stereocenters. The Hall–Kier alpha value is -3.08. The Morgan fingerprint density at radius 3 is 2.23 bits per heavy atom. The molecule has 2 amide bonds. The lowest BCUT2D eigenvalue weighted by molar-refractivity contribution is -0.137. The first-order valence-corrected chi connectivity index (χ1v) is 10.1. The minimum Gasteiger partial charge on any atom is -0.350 e. The van der Waals surface area contributed by atoms with Crippen LogP contribution in [-0.2, 0) is 16.1 Å². The fourth-order valence-corrected chi connectivity index (χ4v) is 3.70. The molecule has 4 nitrogen and oxygen atoms in total. The van der Waals surface area contributed by atoms with Crippen molar-refractivity contribution in [3.05, 3.63) is 105 Å². The highest BCUT2D eigenvalue weighted by Gasteiger charge is 2.39. The molecule has 0 fully saturated rings. The molecule has 1 heterocycles. The molecule has 3 aromatic carbocycles. The third-order valence-corrected chi connectivity index (χ3v) is 5.73. The summed E-state index contributed by atoms with van der Waals surface area (Å²) in [4.78, 5) is 27.8. The third kappa shape index (κ3) is 3.84. The van der Waals surface area contributed by atoms with Crippen LogP contribution in [0.1, 0.15) is 16.7 Å². The van der Waals surface area contributed by atoms with Crippen LogP contribution in [0.3, 0.4) is 0 Å². The lowest BCUT2D eigenvalue weighted by Gasteiger charge is -2.16. The summed E-state index contributed by atoms with van der Waals surface area (Å²) < 4.78 is 0. The van der Waals surface area contributed by atoms with Crippen molar-refractivity contribution in [2.24, 2.45) is 0 Å². The largest absolute Gasteiger partial charge is 0.350 e. The number of carbonyl (C=O) groups excluding carboxylic acids is 2. The van der Waals surface area contributed by atoms with Gasteiger partial charge in [-0.3, -0.25) is 14.5 Å². The van der Waals surface area contributed by atoms with E-state index >= 15 is 0 Å². The van der Waals surface area contributed by atoms with Crippen LogP contribution in [0.15, 0.2) is 78.5 Å². The Morgan fingerprint density at radius 2 is 1.53 bits per heavy atom. The first-order valence-electron chi connectivity index (χ1n) is 9.38. The summed E-state index contributed by atoms with van der Waals surface area (Å²) in [7, 11) is 0. The molecule has 0 aromatic heterocycles. The maximum atomic E-state index is 13.3. The van der Waals surface area contributed by atoms with E-state index in [4.69, 9.17) is 23.2 Å². The first kappa shape index (κ1) is 20.2. The highest BCUT2D eigenvalue weighted by molar-refractivity contribution is 6.37. The Labute approximate surface area is 184 Å². The number of nitrogens with one attached hydrogen (secondary N) is 1. The van der Waals surface area contributed by atoms with Crippen LogP contribution >= 0.6 is 23.2 Å². The number of anilines is 1. The molecule has 1 N–H and O–H groups in total. The monoisotopic (exact) mass is 436 g/mol. The molecule has 0 bridgehead atoms. The van der Waals surface area contributed by atoms with E-state index < -0.39 is 5.91 Å². The zero-order valence-corrected chi connectivity index (χ0v) is 17.7. The van der Waals surface area contributed by atoms with Crippen molar-refractivity contribution < 1.29 is 9.59 Å². The van der Waals surface area contributed by atoms with Crippen LogP contribution in [0.5, 0.6) is 0 Å². The molecule has 0 spiro atoms. The number of hydrogen-bond donors (Lipinski definition) is 1. The van der Waals surface area contributed by atoms with Gasteiger partial charge >= 0.3 is 0 Å². The molecule has 0 aliphatic carbocycles. The van der Waals surface area contributed by atoms with Gasteiger partial charge in [0.15, 0.2) is 0 Å². The SMILES string of the molecule is Cc1ccc(NC2=C(c3ccccc3)C(=O)N(Cc3ccccc3Cl)C2=O)cc1Cl.